The summed E-state index contributed by atoms with van der Waals surface area (Å²) < 4.78 is 1.10. The Morgan fingerprint density at radius 3 is 3.06 bits per heavy atom. The second kappa shape index (κ2) is 4.59. The van der Waals surface area contributed by atoms with Crippen LogP contribution < -0.4 is 10.6 Å². The van der Waals surface area contributed by atoms with E-state index in [1.165, 1.54) is 16.9 Å². The molecule has 16 heavy (non-hydrogen) atoms. The number of hydrogen-bond donors (Lipinski definition) is 2. The number of aryl methyl sites for hydroxylation is 1. The van der Waals surface area contributed by atoms with E-state index in [2.05, 4.69) is 21.7 Å². The lowest BCUT2D eigenvalue weighted by Crippen LogP contribution is -2.24. The summed E-state index contributed by atoms with van der Waals surface area (Å²) in [4.78, 5) is 15.7. The molecule has 1 heterocycles. The van der Waals surface area contributed by atoms with E-state index in [9.17, 15) is 4.79 Å². The Kier molecular flexibility index (Phi) is 3.17. The highest BCUT2D eigenvalue weighted by Crippen LogP contribution is 2.26. The molecule has 84 valence electrons. The molecule has 4 nitrogen and oxygen atoms in total. The molecule has 1 aromatic carbocycles. The summed E-state index contributed by atoms with van der Waals surface area (Å²) in [5.41, 5.74) is 2.12. The summed E-state index contributed by atoms with van der Waals surface area (Å²) in [6.07, 6.45) is 0. The van der Waals surface area contributed by atoms with Crippen molar-refractivity contribution in [1.29, 1.82) is 0 Å². The Bertz CT molecular complexity index is 521. The highest BCUT2D eigenvalue weighted by molar-refractivity contribution is 7.22. The molecular formula is C11H13N3OS. The first-order valence-electron chi connectivity index (χ1n) is 5.00. The third-order valence-corrected chi connectivity index (χ3v) is 3.06. The fourth-order valence-corrected chi connectivity index (χ4v) is 2.39. The minimum Gasteiger partial charge on any atom is -0.311 e. The van der Waals surface area contributed by atoms with E-state index in [-0.39, 0.29) is 5.91 Å². The zero-order chi connectivity index (χ0) is 11.5. The first kappa shape index (κ1) is 11.0. The Balaban J connectivity index is 2.23. The number of amides is 1. The quantitative estimate of drug-likeness (QED) is 0.852. The molecule has 0 aliphatic carbocycles. The second-order valence-electron chi connectivity index (χ2n) is 3.57. The van der Waals surface area contributed by atoms with Crippen molar-refractivity contribution in [3.63, 3.8) is 0 Å². The molecule has 0 aliphatic rings. The van der Waals surface area contributed by atoms with Crippen LogP contribution in [0.5, 0.6) is 0 Å². The summed E-state index contributed by atoms with van der Waals surface area (Å²) >= 11 is 1.49. The minimum absolute atomic E-state index is 0.0710. The predicted molar refractivity (Wildman–Crippen MR) is 66.9 cm³/mol. The van der Waals surface area contributed by atoms with Crippen molar-refractivity contribution in [2.45, 2.75) is 6.92 Å². The lowest BCUT2D eigenvalue weighted by Gasteiger charge is -1.98. The number of carbonyl (C=O) groups excluding carboxylic acids is 1. The summed E-state index contributed by atoms with van der Waals surface area (Å²) in [5, 5.41) is 6.21. The van der Waals surface area contributed by atoms with Crippen LogP contribution in [-0.4, -0.2) is 24.5 Å². The Labute approximate surface area is 97.7 Å². The maximum atomic E-state index is 11.3. The number of rotatable bonds is 3. The summed E-state index contributed by atoms with van der Waals surface area (Å²) in [6.45, 7) is 2.34. The topological polar surface area (TPSA) is 54.0 Å². The van der Waals surface area contributed by atoms with Gasteiger partial charge in [0.25, 0.3) is 0 Å². The van der Waals surface area contributed by atoms with Gasteiger partial charge >= 0.3 is 0 Å². The number of nitrogens with one attached hydrogen (secondary N) is 2. The second-order valence-corrected chi connectivity index (χ2v) is 4.60. The van der Waals surface area contributed by atoms with E-state index >= 15 is 0 Å². The van der Waals surface area contributed by atoms with Crippen LogP contribution in [0.2, 0.25) is 0 Å². The van der Waals surface area contributed by atoms with Crippen LogP contribution in [0.25, 0.3) is 10.2 Å². The molecule has 0 radical (unpaired) electrons. The number of thiazole rings is 1. The maximum Gasteiger partial charge on any atom is 0.240 e. The van der Waals surface area contributed by atoms with Gasteiger partial charge in [-0.15, -0.1) is 0 Å². The number of aromatic nitrogens is 1. The SMILES string of the molecule is CNCC(=O)Nc1nc2ccc(C)cc2s1. The Hall–Kier alpha value is -1.46. The van der Waals surface area contributed by atoms with E-state index in [1.807, 2.05) is 19.1 Å². The number of nitrogens with zero attached hydrogens (tertiary/aromatic N) is 1. The van der Waals surface area contributed by atoms with Gasteiger partial charge in [0.15, 0.2) is 5.13 Å². The molecule has 0 atom stereocenters. The first-order valence-corrected chi connectivity index (χ1v) is 5.82. The summed E-state index contributed by atoms with van der Waals surface area (Å²) in [6, 6.07) is 6.05. The van der Waals surface area contributed by atoms with Gasteiger partial charge in [-0.1, -0.05) is 17.4 Å². The van der Waals surface area contributed by atoms with Gasteiger partial charge in [0.05, 0.1) is 16.8 Å². The van der Waals surface area contributed by atoms with Gasteiger partial charge in [-0.3, -0.25) is 4.79 Å². The van der Waals surface area contributed by atoms with Crippen LogP contribution in [0.4, 0.5) is 5.13 Å². The number of likely N-dealkylation sites (N-methyl/N-ethyl adjacent to an activating group) is 1. The van der Waals surface area contributed by atoms with E-state index in [1.54, 1.807) is 7.05 Å². The van der Waals surface area contributed by atoms with Gasteiger partial charge < -0.3 is 10.6 Å². The molecule has 0 bridgehead atoms. The summed E-state index contributed by atoms with van der Waals surface area (Å²) in [7, 11) is 1.74. The molecule has 0 saturated heterocycles. The van der Waals surface area contributed by atoms with Crippen molar-refractivity contribution in [2.75, 3.05) is 18.9 Å². The van der Waals surface area contributed by atoms with E-state index < -0.39 is 0 Å². The van der Waals surface area contributed by atoms with Crippen molar-refractivity contribution >= 4 is 32.6 Å². The zero-order valence-electron chi connectivity index (χ0n) is 9.20. The van der Waals surface area contributed by atoms with Crippen LogP contribution in [0.3, 0.4) is 0 Å². The average Bonchev–Trinajstić information content (AvgIpc) is 2.59. The molecule has 0 unspecified atom stereocenters. The predicted octanol–water partition coefficient (Wildman–Crippen LogP) is 1.76. The van der Waals surface area contributed by atoms with Crippen LogP contribution >= 0.6 is 11.3 Å². The number of benzene rings is 1. The molecule has 0 fully saturated rings. The minimum atomic E-state index is -0.0710. The van der Waals surface area contributed by atoms with E-state index in [0.717, 1.165) is 10.2 Å². The van der Waals surface area contributed by atoms with Gasteiger partial charge in [-0.05, 0) is 31.7 Å². The number of hydrogen-bond acceptors (Lipinski definition) is 4. The number of anilines is 1. The summed E-state index contributed by atoms with van der Waals surface area (Å²) in [5.74, 6) is -0.0710. The van der Waals surface area contributed by atoms with Crippen molar-refractivity contribution in [2.24, 2.45) is 0 Å². The van der Waals surface area contributed by atoms with Crippen molar-refractivity contribution < 1.29 is 4.79 Å². The highest BCUT2D eigenvalue weighted by atomic mass is 32.1. The van der Waals surface area contributed by atoms with Gasteiger partial charge in [-0.2, -0.15) is 0 Å². The van der Waals surface area contributed by atoms with Crippen LogP contribution in [0.1, 0.15) is 5.56 Å². The lowest BCUT2D eigenvalue weighted by atomic mass is 10.2. The third kappa shape index (κ3) is 2.37. The zero-order valence-corrected chi connectivity index (χ0v) is 10.0. The van der Waals surface area contributed by atoms with Crippen LogP contribution in [0, 0.1) is 6.92 Å². The standard InChI is InChI=1S/C11H13N3OS/c1-7-3-4-8-9(5-7)16-11(13-8)14-10(15)6-12-2/h3-5,12H,6H2,1-2H3,(H,13,14,15). The van der Waals surface area contributed by atoms with Crippen molar-refractivity contribution in [3.05, 3.63) is 23.8 Å². The monoisotopic (exact) mass is 235 g/mol. The fraction of sp³-hybridized carbons (Fsp3) is 0.273. The fourth-order valence-electron chi connectivity index (χ4n) is 1.41. The Morgan fingerprint density at radius 2 is 2.31 bits per heavy atom. The highest BCUT2D eigenvalue weighted by Gasteiger charge is 2.06. The molecule has 1 aromatic heterocycles. The maximum absolute atomic E-state index is 11.3. The normalized spacial score (nSPS) is 10.6. The molecule has 2 N–H and O–H groups in total. The lowest BCUT2D eigenvalue weighted by molar-refractivity contribution is -0.115. The third-order valence-electron chi connectivity index (χ3n) is 2.13. The average molecular weight is 235 g/mol. The number of carbonyl (C=O) groups is 1. The van der Waals surface area contributed by atoms with Gasteiger partial charge in [-0.25, -0.2) is 4.98 Å². The Morgan fingerprint density at radius 1 is 1.50 bits per heavy atom. The van der Waals surface area contributed by atoms with Crippen LogP contribution in [-0.2, 0) is 4.79 Å². The smallest absolute Gasteiger partial charge is 0.240 e. The molecule has 0 aliphatic heterocycles. The largest absolute Gasteiger partial charge is 0.311 e. The van der Waals surface area contributed by atoms with Gasteiger partial charge in [0, 0.05) is 0 Å². The van der Waals surface area contributed by atoms with Crippen molar-refractivity contribution in [1.82, 2.24) is 10.3 Å². The molecule has 1 amide bonds. The number of fused-ring (bicyclic) bond motifs is 1. The molecule has 0 saturated carbocycles. The molecule has 5 heteroatoms. The molecular weight excluding hydrogens is 222 g/mol. The van der Waals surface area contributed by atoms with Crippen LogP contribution in [0.15, 0.2) is 18.2 Å². The molecule has 0 spiro atoms. The van der Waals surface area contributed by atoms with Crippen molar-refractivity contribution in [3.8, 4) is 0 Å². The van der Waals surface area contributed by atoms with E-state index in [4.69, 9.17) is 0 Å². The van der Waals surface area contributed by atoms with Gasteiger partial charge in [0.1, 0.15) is 0 Å². The van der Waals surface area contributed by atoms with Gasteiger partial charge in [0.2, 0.25) is 5.91 Å². The van der Waals surface area contributed by atoms with E-state index in [0.29, 0.717) is 11.7 Å². The molecule has 2 rings (SSSR count). The first-order chi connectivity index (χ1) is 7.69. The molecule has 2 aromatic rings.